The Bertz CT molecular complexity index is 545. The monoisotopic (exact) mass is 447 g/mol. The summed E-state index contributed by atoms with van der Waals surface area (Å²) in [4.78, 5) is 4.38. The largest absolute Gasteiger partial charge is 0.493 e. The van der Waals surface area contributed by atoms with Crippen LogP contribution in [0.1, 0.15) is 31.4 Å². The Kier molecular flexibility index (Phi) is 11.3. The molecule has 0 heterocycles. The molecule has 0 aliphatic heterocycles. The van der Waals surface area contributed by atoms with Crippen LogP contribution >= 0.6 is 24.0 Å². The molecule has 0 unspecified atom stereocenters. The second-order valence-electron chi connectivity index (χ2n) is 5.79. The molecule has 6 heteroatoms. The van der Waals surface area contributed by atoms with Gasteiger partial charge in [-0.2, -0.15) is 0 Å². The molecular weight excluding hydrogens is 417 g/mol. The van der Waals surface area contributed by atoms with Crippen molar-refractivity contribution in [2.45, 2.75) is 33.2 Å². The van der Waals surface area contributed by atoms with E-state index in [-0.39, 0.29) is 24.0 Å². The number of hydrogen-bond acceptors (Lipinski definition) is 3. The summed E-state index contributed by atoms with van der Waals surface area (Å²) in [6.45, 7) is 9.47. The molecule has 1 rings (SSSR count). The quantitative estimate of drug-likeness (QED) is 0.263. The summed E-state index contributed by atoms with van der Waals surface area (Å²) in [6.07, 6.45) is 3.61. The van der Waals surface area contributed by atoms with Gasteiger partial charge in [-0.1, -0.05) is 19.9 Å². The van der Waals surface area contributed by atoms with Gasteiger partial charge in [0.1, 0.15) is 0 Å². The number of methoxy groups -OCH3 is 2. The Hall–Kier alpha value is -1.44. The number of nitrogens with two attached hydrogens (primary N) is 1. The SMILES string of the molecule is C=CCc1cc(CN=C(N)NCCC(C)C)cc(OC)c1OC.I. The standard InChI is InChI=1S/C18H29N3O2.HI/c1-6-7-15-10-14(11-16(22-4)17(15)23-5)12-21-18(19)20-9-8-13(2)3;/h6,10-11,13H,1,7-9,12H2,2-5H3,(H3,19,20,21);1H. The molecule has 0 spiro atoms. The third kappa shape index (κ3) is 7.42. The minimum absolute atomic E-state index is 0. The van der Waals surface area contributed by atoms with Crippen LogP contribution < -0.4 is 20.5 Å². The van der Waals surface area contributed by atoms with Gasteiger partial charge < -0.3 is 20.5 Å². The van der Waals surface area contributed by atoms with Crippen molar-refractivity contribution in [2.24, 2.45) is 16.6 Å². The third-order valence-corrected chi connectivity index (χ3v) is 3.44. The zero-order valence-corrected chi connectivity index (χ0v) is 17.4. The van der Waals surface area contributed by atoms with Gasteiger partial charge in [-0.15, -0.1) is 30.6 Å². The fraction of sp³-hybridized carbons (Fsp3) is 0.500. The van der Waals surface area contributed by atoms with Crippen molar-refractivity contribution in [3.8, 4) is 11.5 Å². The smallest absolute Gasteiger partial charge is 0.188 e. The van der Waals surface area contributed by atoms with Gasteiger partial charge in [-0.3, -0.25) is 0 Å². The summed E-state index contributed by atoms with van der Waals surface area (Å²) >= 11 is 0. The fourth-order valence-corrected chi connectivity index (χ4v) is 2.23. The zero-order valence-electron chi connectivity index (χ0n) is 15.1. The molecule has 0 saturated heterocycles. The summed E-state index contributed by atoms with van der Waals surface area (Å²) in [6, 6.07) is 3.98. The van der Waals surface area contributed by atoms with Crippen molar-refractivity contribution < 1.29 is 9.47 Å². The van der Waals surface area contributed by atoms with Crippen LogP contribution in [0, 0.1) is 5.92 Å². The van der Waals surface area contributed by atoms with Crippen LogP contribution in [-0.4, -0.2) is 26.7 Å². The van der Waals surface area contributed by atoms with Crippen molar-refractivity contribution in [1.82, 2.24) is 5.32 Å². The lowest BCUT2D eigenvalue weighted by Crippen LogP contribution is -2.32. The topological polar surface area (TPSA) is 68.9 Å². The highest BCUT2D eigenvalue weighted by atomic mass is 127. The maximum Gasteiger partial charge on any atom is 0.188 e. The average Bonchev–Trinajstić information content (AvgIpc) is 2.52. The molecule has 0 aliphatic carbocycles. The Morgan fingerprint density at radius 3 is 2.58 bits per heavy atom. The summed E-state index contributed by atoms with van der Waals surface area (Å²) in [5.41, 5.74) is 7.95. The van der Waals surface area contributed by atoms with Crippen LogP contribution in [0.5, 0.6) is 11.5 Å². The van der Waals surface area contributed by atoms with Crippen molar-refractivity contribution >= 4 is 29.9 Å². The van der Waals surface area contributed by atoms with Crippen LogP contribution in [0.25, 0.3) is 0 Å². The van der Waals surface area contributed by atoms with Crippen molar-refractivity contribution in [1.29, 1.82) is 0 Å². The van der Waals surface area contributed by atoms with E-state index >= 15 is 0 Å². The summed E-state index contributed by atoms with van der Waals surface area (Å²) in [5.74, 6) is 2.54. The van der Waals surface area contributed by atoms with Gasteiger partial charge in [0.05, 0.1) is 20.8 Å². The molecule has 0 saturated carbocycles. The number of rotatable bonds is 9. The number of ether oxygens (including phenoxy) is 2. The first-order valence-electron chi connectivity index (χ1n) is 7.90. The van der Waals surface area contributed by atoms with Crippen molar-refractivity contribution in [3.63, 3.8) is 0 Å². The third-order valence-electron chi connectivity index (χ3n) is 3.44. The van der Waals surface area contributed by atoms with Crippen LogP contribution in [0.3, 0.4) is 0 Å². The molecular formula is C18H30IN3O2. The number of guanidine groups is 1. The molecule has 3 N–H and O–H groups in total. The highest BCUT2D eigenvalue weighted by Crippen LogP contribution is 2.33. The number of hydrogen-bond donors (Lipinski definition) is 2. The van der Waals surface area contributed by atoms with E-state index in [9.17, 15) is 0 Å². The van der Waals surface area contributed by atoms with Gasteiger partial charge in [0.15, 0.2) is 17.5 Å². The molecule has 1 aromatic rings. The van der Waals surface area contributed by atoms with Crippen molar-refractivity contribution in [2.75, 3.05) is 20.8 Å². The van der Waals surface area contributed by atoms with Crippen LogP contribution in [0.15, 0.2) is 29.8 Å². The lowest BCUT2D eigenvalue weighted by molar-refractivity contribution is 0.352. The first-order chi connectivity index (χ1) is 11.0. The van der Waals surface area contributed by atoms with E-state index in [0.29, 0.717) is 30.6 Å². The van der Waals surface area contributed by atoms with Crippen LogP contribution in [-0.2, 0) is 13.0 Å². The van der Waals surface area contributed by atoms with Gasteiger partial charge in [-0.05, 0) is 36.5 Å². The molecule has 0 amide bonds. The van der Waals surface area contributed by atoms with Gasteiger partial charge >= 0.3 is 0 Å². The molecule has 0 radical (unpaired) electrons. The summed E-state index contributed by atoms with van der Waals surface area (Å²) in [5, 5.41) is 3.13. The normalized spacial score (nSPS) is 11.0. The molecule has 0 fully saturated rings. The van der Waals surface area contributed by atoms with Gasteiger partial charge in [0.2, 0.25) is 0 Å². The molecule has 0 aromatic heterocycles. The highest BCUT2D eigenvalue weighted by Gasteiger charge is 2.11. The Balaban J connectivity index is 0.00000529. The van der Waals surface area contributed by atoms with E-state index in [1.807, 2.05) is 18.2 Å². The number of nitrogens with zero attached hydrogens (tertiary/aromatic N) is 1. The lowest BCUT2D eigenvalue weighted by atomic mass is 10.1. The Morgan fingerprint density at radius 1 is 1.33 bits per heavy atom. The van der Waals surface area contributed by atoms with Gasteiger partial charge in [0, 0.05) is 12.1 Å². The van der Waals surface area contributed by atoms with Crippen molar-refractivity contribution in [3.05, 3.63) is 35.9 Å². The van der Waals surface area contributed by atoms with E-state index < -0.39 is 0 Å². The maximum absolute atomic E-state index is 5.90. The number of aliphatic imine (C=N–C) groups is 1. The predicted octanol–water partition coefficient (Wildman–Crippen LogP) is 3.50. The number of halogens is 1. The van der Waals surface area contributed by atoms with Crippen LogP contribution in [0.2, 0.25) is 0 Å². The fourth-order valence-electron chi connectivity index (χ4n) is 2.23. The molecule has 24 heavy (non-hydrogen) atoms. The average molecular weight is 447 g/mol. The first kappa shape index (κ1) is 22.6. The number of allylic oxidation sites excluding steroid dienone is 1. The van der Waals surface area contributed by atoms with E-state index in [2.05, 4.69) is 30.7 Å². The number of benzene rings is 1. The van der Waals surface area contributed by atoms with Gasteiger partial charge in [-0.25, -0.2) is 4.99 Å². The van der Waals surface area contributed by atoms with Crippen LogP contribution in [0.4, 0.5) is 0 Å². The van der Waals surface area contributed by atoms with Gasteiger partial charge in [0.25, 0.3) is 0 Å². The number of nitrogens with one attached hydrogen (secondary N) is 1. The second-order valence-corrected chi connectivity index (χ2v) is 5.79. The molecule has 1 aromatic carbocycles. The zero-order chi connectivity index (χ0) is 17.2. The lowest BCUT2D eigenvalue weighted by Gasteiger charge is -2.14. The molecule has 0 atom stereocenters. The molecule has 0 bridgehead atoms. The van der Waals surface area contributed by atoms with E-state index in [0.717, 1.165) is 29.8 Å². The van der Waals surface area contributed by atoms with E-state index in [4.69, 9.17) is 15.2 Å². The molecule has 0 aliphatic rings. The van der Waals surface area contributed by atoms with E-state index in [1.165, 1.54) is 0 Å². The minimum atomic E-state index is 0. The molecule has 136 valence electrons. The second kappa shape index (κ2) is 12.0. The Morgan fingerprint density at radius 2 is 2.04 bits per heavy atom. The predicted molar refractivity (Wildman–Crippen MR) is 112 cm³/mol. The summed E-state index contributed by atoms with van der Waals surface area (Å²) < 4.78 is 10.8. The molecule has 5 nitrogen and oxygen atoms in total. The minimum Gasteiger partial charge on any atom is -0.493 e. The highest BCUT2D eigenvalue weighted by molar-refractivity contribution is 14.0. The Labute approximate surface area is 162 Å². The summed E-state index contributed by atoms with van der Waals surface area (Å²) in [7, 11) is 3.27. The first-order valence-corrected chi connectivity index (χ1v) is 7.90. The maximum atomic E-state index is 5.90. The van der Waals surface area contributed by atoms with E-state index in [1.54, 1.807) is 14.2 Å².